The van der Waals surface area contributed by atoms with E-state index in [0.29, 0.717) is 16.7 Å². The summed E-state index contributed by atoms with van der Waals surface area (Å²) in [6.45, 7) is 10.4. The molecule has 0 aromatic carbocycles. The average molecular weight is 361 g/mol. The summed E-state index contributed by atoms with van der Waals surface area (Å²) < 4.78 is 4.90. The molecule has 2 aromatic rings. The Morgan fingerprint density at radius 3 is 2.68 bits per heavy atom. The second kappa shape index (κ2) is 6.51. The summed E-state index contributed by atoms with van der Waals surface area (Å²) in [5, 5.41) is 4.47. The topological polar surface area (TPSA) is 70.6 Å². The molecule has 3 fully saturated rings. The molecule has 0 spiro atoms. The van der Waals surface area contributed by atoms with Crippen LogP contribution in [0.3, 0.4) is 0 Å². The summed E-state index contributed by atoms with van der Waals surface area (Å²) in [5.74, 6) is 1.22. The maximum Gasteiger partial charge on any atom is 0.348 e. The van der Waals surface area contributed by atoms with Gasteiger partial charge in [-0.15, -0.1) is 11.3 Å². The van der Waals surface area contributed by atoms with Gasteiger partial charge in [0.2, 0.25) is 0 Å². The molecule has 0 amide bonds. The van der Waals surface area contributed by atoms with Crippen molar-refractivity contribution in [2.24, 2.45) is 0 Å². The number of carbonyl (C=O) groups excluding carboxylic acids is 1. The first-order chi connectivity index (χ1) is 12.1. The van der Waals surface area contributed by atoms with Crippen LogP contribution in [0.4, 0.5) is 5.82 Å². The minimum absolute atomic E-state index is 0.312. The van der Waals surface area contributed by atoms with Crippen LogP contribution in [-0.2, 0) is 4.74 Å². The number of aryl methyl sites for hydroxylation is 2. The fraction of sp³-hybridized carbons (Fsp3) is 0.588. The third-order valence-corrected chi connectivity index (χ3v) is 6.34. The molecule has 2 bridgehead atoms. The van der Waals surface area contributed by atoms with E-state index in [9.17, 15) is 4.79 Å². The molecule has 2 aromatic heterocycles. The van der Waals surface area contributed by atoms with E-state index >= 15 is 0 Å². The van der Waals surface area contributed by atoms with Crippen molar-refractivity contribution in [1.82, 2.24) is 19.8 Å². The van der Waals surface area contributed by atoms with Crippen LogP contribution < -0.4 is 5.32 Å². The first-order valence-electron chi connectivity index (χ1n) is 8.63. The van der Waals surface area contributed by atoms with Crippen molar-refractivity contribution in [2.45, 2.75) is 19.9 Å². The zero-order valence-corrected chi connectivity index (χ0v) is 15.7. The van der Waals surface area contributed by atoms with Gasteiger partial charge in [0.05, 0.1) is 12.5 Å². The molecule has 0 aliphatic carbocycles. The molecule has 25 heavy (non-hydrogen) atoms. The Morgan fingerprint density at radius 2 is 2.04 bits per heavy atom. The van der Waals surface area contributed by atoms with Gasteiger partial charge in [-0.2, -0.15) is 0 Å². The van der Waals surface area contributed by atoms with E-state index in [-0.39, 0.29) is 5.97 Å². The number of esters is 1. The van der Waals surface area contributed by atoms with Crippen molar-refractivity contribution < 1.29 is 9.53 Å². The van der Waals surface area contributed by atoms with Crippen molar-refractivity contribution in [3.63, 3.8) is 0 Å². The molecule has 3 saturated heterocycles. The highest BCUT2D eigenvalue weighted by molar-refractivity contribution is 7.20. The van der Waals surface area contributed by atoms with E-state index < -0.39 is 0 Å². The number of nitrogens with one attached hydrogen (secondary N) is 1. The predicted octanol–water partition coefficient (Wildman–Crippen LogP) is 1.51. The molecule has 1 unspecified atom stereocenters. The number of anilines is 1. The molecule has 5 rings (SSSR count). The molecule has 1 atom stereocenters. The fourth-order valence-corrected chi connectivity index (χ4v) is 4.94. The fourth-order valence-electron chi connectivity index (χ4n) is 3.79. The van der Waals surface area contributed by atoms with Crippen molar-refractivity contribution in [3.8, 4) is 0 Å². The number of carbonyl (C=O) groups is 1. The third-order valence-electron chi connectivity index (χ3n) is 5.17. The Bertz CT molecular complexity index is 813. The van der Waals surface area contributed by atoms with Gasteiger partial charge in [0.25, 0.3) is 0 Å². The van der Waals surface area contributed by atoms with Crippen molar-refractivity contribution in [1.29, 1.82) is 0 Å². The van der Waals surface area contributed by atoms with Crippen LogP contribution in [0.15, 0.2) is 0 Å². The first-order valence-corrected chi connectivity index (χ1v) is 9.45. The second-order valence-electron chi connectivity index (χ2n) is 6.72. The van der Waals surface area contributed by atoms with Crippen molar-refractivity contribution in [2.75, 3.05) is 51.7 Å². The van der Waals surface area contributed by atoms with Crippen LogP contribution in [0.2, 0.25) is 0 Å². The van der Waals surface area contributed by atoms with Crippen LogP contribution in [0.25, 0.3) is 10.2 Å². The molecule has 7 nitrogen and oxygen atoms in total. The summed E-state index contributed by atoms with van der Waals surface area (Å²) in [5.41, 5.74) is 0.892. The quantitative estimate of drug-likeness (QED) is 0.828. The summed E-state index contributed by atoms with van der Waals surface area (Å²) in [6, 6.07) is 0.506. The Morgan fingerprint density at radius 1 is 1.28 bits per heavy atom. The average Bonchev–Trinajstić information content (AvgIpc) is 2.96. The highest BCUT2D eigenvalue weighted by Gasteiger charge is 2.31. The zero-order valence-electron chi connectivity index (χ0n) is 14.8. The summed E-state index contributed by atoms with van der Waals surface area (Å²) in [6.07, 6.45) is 0. The number of aromatic nitrogens is 2. The lowest BCUT2D eigenvalue weighted by Crippen LogP contribution is -2.62. The van der Waals surface area contributed by atoms with Crippen LogP contribution in [0.1, 0.15) is 21.1 Å². The van der Waals surface area contributed by atoms with E-state index in [0.717, 1.165) is 47.8 Å². The number of ether oxygens (including phenoxy) is 1. The van der Waals surface area contributed by atoms with E-state index in [2.05, 4.69) is 25.1 Å². The molecule has 3 aliphatic rings. The van der Waals surface area contributed by atoms with Crippen LogP contribution >= 0.6 is 11.3 Å². The Hall–Kier alpha value is -1.77. The number of methoxy groups -OCH3 is 1. The molecule has 5 heterocycles. The summed E-state index contributed by atoms with van der Waals surface area (Å²) in [7, 11) is 1.41. The Kier molecular flexibility index (Phi) is 4.35. The summed E-state index contributed by atoms with van der Waals surface area (Å²) >= 11 is 1.37. The van der Waals surface area contributed by atoms with Gasteiger partial charge in [-0.05, 0) is 19.4 Å². The molecule has 1 N–H and O–H groups in total. The largest absolute Gasteiger partial charge is 0.465 e. The Labute approximate surface area is 151 Å². The number of thiophene rings is 1. The van der Waals surface area contributed by atoms with Gasteiger partial charge in [0.15, 0.2) is 0 Å². The van der Waals surface area contributed by atoms with Crippen molar-refractivity contribution >= 4 is 33.3 Å². The van der Waals surface area contributed by atoms with Crippen LogP contribution in [0.5, 0.6) is 0 Å². The van der Waals surface area contributed by atoms with Crippen LogP contribution in [0, 0.1) is 13.8 Å². The van der Waals surface area contributed by atoms with Gasteiger partial charge in [0.1, 0.15) is 21.3 Å². The van der Waals surface area contributed by atoms with E-state index in [1.54, 1.807) is 0 Å². The number of fused-ring (bicyclic) bond motifs is 4. The molecule has 134 valence electrons. The maximum absolute atomic E-state index is 12.0. The minimum Gasteiger partial charge on any atom is -0.465 e. The standard InChI is InChI=1S/C17H23N5O2S/c1-10-13-15(18-8-12-9-21-4-6-22(12)7-5-21)19-11(2)20-16(13)25-14(10)17(23)24-3/h12H,4-9H2,1-3H3,(H,18,19,20). The van der Waals surface area contributed by atoms with E-state index in [1.165, 1.54) is 31.5 Å². The van der Waals surface area contributed by atoms with Gasteiger partial charge in [0, 0.05) is 45.3 Å². The van der Waals surface area contributed by atoms with Crippen LogP contribution in [-0.4, -0.2) is 78.2 Å². The van der Waals surface area contributed by atoms with Gasteiger partial charge >= 0.3 is 5.97 Å². The number of rotatable bonds is 4. The monoisotopic (exact) mass is 361 g/mol. The molecule has 8 heteroatoms. The molecule has 0 radical (unpaired) electrons. The molecular formula is C17H23N5O2S. The Balaban J connectivity index is 1.62. The minimum atomic E-state index is -0.312. The lowest BCUT2D eigenvalue weighted by Gasteiger charge is -2.47. The lowest BCUT2D eigenvalue weighted by molar-refractivity contribution is 0.0189. The zero-order chi connectivity index (χ0) is 17.6. The molecule has 3 aliphatic heterocycles. The summed E-state index contributed by atoms with van der Waals surface area (Å²) in [4.78, 5) is 27.6. The highest BCUT2D eigenvalue weighted by Crippen LogP contribution is 2.34. The first kappa shape index (κ1) is 16.7. The van der Waals surface area contributed by atoms with Gasteiger partial charge in [-0.25, -0.2) is 14.8 Å². The number of nitrogens with zero attached hydrogens (tertiary/aromatic N) is 4. The van der Waals surface area contributed by atoms with Gasteiger partial charge in [-0.3, -0.25) is 9.80 Å². The van der Waals surface area contributed by atoms with E-state index in [4.69, 9.17) is 4.74 Å². The van der Waals surface area contributed by atoms with Gasteiger partial charge in [-0.1, -0.05) is 0 Å². The van der Waals surface area contributed by atoms with Gasteiger partial charge < -0.3 is 10.1 Å². The van der Waals surface area contributed by atoms with Crippen molar-refractivity contribution in [3.05, 3.63) is 16.3 Å². The second-order valence-corrected chi connectivity index (χ2v) is 7.72. The number of hydrogen-bond acceptors (Lipinski definition) is 8. The van der Waals surface area contributed by atoms with E-state index in [1.807, 2.05) is 13.8 Å². The third kappa shape index (κ3) is 2.98. The highest BCUT2D eigenvalue weighted by atomic mass is 32.1. The smallest absolute Gasteiger partial charge is 0.348 e. The number of hydrogen-bond donors (Lipinski definition) is 1. The normalized spacial score (nSPS) is 25.3. The maximum atomic E-state index is 12.0. The predicted molar refractivity (Wildman–Crippen MR) is 98.5 cm³/mol. The lowest BCUT2D eigenvalue weighted by atomic mass is 10.1. The molecule has 0 saturated carbocycles. The number of piperazine rings is 3. The molecular weight excluding hydrogens is 338 g/mol. The SMILES string of the molecule is COC(=O)c1sc2nc(C)nc(NCC3CN4CCN3CC4)c2c1C.